The lowest BCUT2D eigenvalue weighted by Gasteiger charge is -2.23. The lowest BCUT2D eigenvalue weighted by atomic mass is 9.99. The van der Waals surface area contributed by atoms with Crippen LogP contribution in [0.4, 0.5) is 5.88 Å². The number of rotatable bonds is 6. The standard InChI is InChI=1S/C23H22N2O5S/c1-24(2)18-11-10-17(30-18)20-19(21(26)14-6-8-15(29-3)9-7-14)22(27)23(28)25(20)13-16-5-4-12-31-16/h4-12,20,26H,13H2,1-3H3/b21-19+. The first kappa shape index (κ1) is 20.7. The Balaban J connectivity index is 1.83. The van der Waals surface area contributed by atoms with Crippen LogP contribution < -0.4 is 9.64 Å². The molecule has 1 saturated heterocycles. The quantitative estimate of drug-likeness (QED) is 0.355. The summed E-state index contributed by atoms with van der Waals surface area (Å²) in [5.74, 6) is -0.0417. The summed E-state index contributed by atoms with van der Waals surface area (Å²) < 4.78 is 11.1. The number of carbonyl (C=O) groups is 2. The van der Waals surface area contributed by atoms with Gasteiger partial charge in [-0.25, -0.2) is 0 Å². The minimum absolute atomic E-state index is 0.00591. The van der Waals surface area contributed by atoms with Gasteiger partial charge < -0.3 is 24.1 Å². The molecule has 1 N–H and O–H groups in total. The van der Waals surface area contributed by atoms with E-state index in [1.807, 2.05) is 31.6 Å². The smallest absolute Gasteiger partial charge is 0.296 e. The number of methoxy groups -OCH3 is 1. The van der Waals surface area contributed by atoms with E-state index in [-0.39, 0.29) is 17.9 Å². The van der Waals surface area contributed by atoms with Gasteiger partial charge >= 0.3 is 0 Å². The minimum atomic E-state index is -0.835. The molecule has 1 fully saturated rings. The lowest BCUT2D eigenvalue weighted by Crippen LogP contribution is -2.28. The van der Waals surface area contributed by atoms with Gasteiger partial charge in [-0.05, 0) is 41.8 Å². The number of aliphatic hydroxyl groups excluding tert-OH is 1. The zero-order valence-electron chi connectivity index (χ0n) is 17.4. The van der Waals surface area contributed by atoms with Crippen molar-refractivity contribution in [1.82, 2.24) is 4.90 Å². The van der Waals surface area contributed by atoms with E-state index in [1.54, 1.807) is 48.4 Å². The van der Waals surface area contributed by atoms with Crippen molar-refractivity contribution >= 4 is 34.7 Å². The third-order valence-corrected chi connectivity index (χ3v) is 5.99. The van der Waals surface area contributed by atoms with Gasteiger partial charge in [0.15, 0.2) is 5.88 Å². The molecule has 0 aliphatic carbocycles. The summed E-state index contributed by atoms with van der Waals surface area (Å²) in [5.41, 5.74) is 0.422. The molecule has 4 rings (SSSR count). The third-order valence-electron chi connectivity index (χ3n) is 5.13. The van der Waals surface area contributed by atoms with Gasteiger partial charge in [0.1, 0.15) is 23.3 Å². The maximum absolute atomic E-state index is 13.0. The number of furan rings is 1. The van der Waals surface area contributed by atoms with Gasteiger partial charge in [0, 0.05) is 30.6 Å². The molecule has 160 valence electrons. The molecule has 7 nitrogen and oxygen atoms in total. The van der Waals surface area contributed by atoms with Gasteiger partial charge in [-0.2, -0.15) is 0 Å². The van der Waals surface area contributed by atoms with E-state index in [9.17, 15) is 14.7 Å². The minimum Gasteiger partial charge on any atom is -0.507 e. The van der Waals surface area contributed by atoms with Crippen molar-refractivity contribution < 1.29 is 23.8 Å². The summed E-state index contributed by atoms with van der Waals surface area (Å²) in [7, 11) is 5.22. The highest BCUT2D eigenvalue weighted by Crippen LogP contribution is 2.42. The summed E-state index contributed by atoms with van der Waals surface area (Å²) in [6.07, 6.45) is 0. The van der Waals surface area contributed by atoms with Crippen molar-refractivity contribution in [2.24, 2.45) is 0 Å². The molecule has 1 atom stereocenters. The lowest BCUT2D eigenvalue weighted by molar-refractivity contribution is -0.140. The first-order valence-corrected chi connectivity index (χ1v) is 10.5. The number of thiophene rings is 1. The normalized spacial score (nSPS) is 17.9. The van der Waals surface area contributed by atoms with Crippen LogP contribution in [0.3, 0.4) is 0 Å². The zero-order valence-corrected chi connectivity index (χ0v) is 18.2. The van der Waals surface area contributed by atoms with E-state index >= 15 is 0 Å². The average molecular weight is 439 g/mol. The van der Waals surface area contributed by atoms with Crippen LogP contribution in [0.15, 0.2) is 63.9 Å². The molecule has 8 heteroatoms. The Kier molecular flexibility index (Phi) is 5.56. The second kappa shape index (κ2) is 8.31. The Morgan fingerprint density at radius 3 is 2.48 bits per heavy atom. The summed E-state index contributed by atoms with van der Waals surface area (Å²) >= 11 is 1.49. The van der Waals surface area contributed by atoms with Crippen LogP contribution in [0.25, 0.3) is 5.76 Å². The molecule has 1 unspecified atom stereocenters. The Labute approximate surface area is 183 Å². The van der Waals surface area contributed by atoms with Crippen molar-refractivity contribution in [3.63, 3.8) is 0 Å². The Hall–Kier alpha value is -3.52. The van der Waals surface area contributed by atoms with E-state index in [0.29, 0.717) is 23.0 Å². The number of benzene rings is 1. The fourth-order valence-electron chi connectivity index (χ4n) is 3.54. The van der Waals surface area contributed by atoms with E-state index in [2.05, 4.69) is 0 Å². The fraction of sp³-hybridized carbons (Fsp3) is 0.217. The predicted octanol–water partition coefficient (Wildman–Crippen LogP) is 4.04. The summed E-state index contributed by atoms with van der Waals surface area (Å²) in [4.78, 5) is 30.2. The highest BCUT2D eigenvalue weighted by molar-refractivity contribution is 7.09. The van der Waals surface area contributed by atoms with Gasteiger partial charge in [0.05, 0.1) is 19.2 Å². The second-order valence-electron chi connectivity index (χ2n) is 7.31. The molecule has 1 aliphatic rings. The number of ether oxygens (including phenoxy) is 1. The first-order valence-electron chi connectivity index (χ1n) is 9.63. The SMILES string of the molecule is COc1ccc(/C(O)=C2\C(=O)C(=O)N(Cc3cccs3)C2c2ccc(N(C)C)o2)cc1. The molecule has 0 spiro atoms. The Morgan fingerprint density at radius 1 is 1.16 bits per heavy atom. The van der Waals surface area contributed by atoms with Gasteiger partial charge in [-0.15, -0.1) is 11.3 Å². The molecule has 1 aliphatic heterocycles. The predicted molar refractivity (Wildman–Crippen MR) is 118 cm³/mol. The molecule has 3 heterocycles. The van der Waals surface area contributed by atoms with Crippen molar-refractivity contribution in [3.05, 3.63) is 75.7 Å². The number of hydrogen-bond donors (Lipinski definition) is 1. The van der Waals surface area contributed by atoms with Crippen LogP contribution >= 0.6 is 11.3 Å². The molecule has 31 heavy (non-hydrogen) atoms. The van der Waals surface area contributed by atoms with Crippen LogP contribution in [0.2, 0.25) is 0 Å². The Morgan fingerprint density at radius 2 is 1.90 bits per heavy atom. The molecule has 1 amide bonds. The molecule has 1 aromatic carbocycles. The molecule has 0 saturated carbocycles. The van der Waals surface area contributed by atoms with Crippen molar-refractivity contribution in [3.8, 4) is 5.75 Å². The summed E-state index contributed by atoms with van der Waals surface area (Å²) in [6, 6.07) is 13.1. The van der Waals surface area contributed by atoms with E-state index in [1.165, 1.54) is 16.2 Å². The summed E-state index contributed by atoms with van der Waals surface area (Å²) in [5, 5.41) is 13.0. The highest BCUT2D eigenvalue weighted by Gasteiger charge is 2.47. The third kappa shape index (κ3) is 3.82. The molecular weight excluding hydrogens is 416 g/mol. The molecule has 0 radical (unpaired) electrons. The van der Waals surface area contributed by atoms with Gasteiger partial charge in [0.2, 0.25) is 0 Å². The van der Waals surface area contributed by atoms with Crippen molar-refractivity contribution in [2.75, 3.05) is 26.1 Å². The zero-order chi connectivity index (χ0) is 22.1. The van der Waals surface area contributed by atoms with Gasteiger partial charge in [-0.1, -0.05) is 6.07 Å². The number of amides is 1. The maximum Gasteiger partial charge on any atom is 0.296 e. The number of Topliss-reactive ketones (excluding diaryl/α,β-unsaturated/α-hetero) is 1. The Bertz CT molecular complexity index is 1130. The van der Waals surface area contributed by atoms with E-state index < -0.39 is 17.7 Å². The molecule has 3 aromatic rings. The van der Waals surface area contributed by atoms with Gasteiger partial charge in [-0.3, -0.25) is 9.59 Å². The van der Waals surface area contributed by atoms with Gasteiger partial charge in [0.25, 0.3) is 11.7 Å². The van der Waals surface area contributed by atoms with Crippen LogP contribution in [0.5, 0.6) is 5.75 Å². The molecule has 0 bridgehead atoms. The molecular formula is C23H22N2O5S. The number of hydrogen-bond acceptors (Lipinski definition) is 7. The van der Waals surface area contributed by atoms with Crippen LogP contribution in [0, 0.1) is 0 Å². The van der Waals surface area contributed by atoms with E-state index in [0.717, 1.165) is 4.88 Å². The fourth-order valence-corrected chi connectivity index (χ4v) is 4.25. The number of nitrogens with zero attached hydrogens (tertiary/aromatic N) is 2. The first-order chi connectivity index (χ1) is 14.9. The average Bonchev–Trinajstić information content (AvgIpc) is 3.51. The number of anilines is 1. The van der Waals surface area contributed by atoms with Crippen LogP contribution in [0.1, 0.15) is 22.2 Å². The van der Waals surface area contributed by atoms with Crippen molar-refractivity contribution in [1.29, 1.82) is 0 Å². The topological polar surface area (TPSA) is 83.2 Å². The van der Waals surface area contributed by atoms with Crippen molar-refractivity contribution in [2.45, 2.75) is 12.6 Å². The monoisotopic (exact) mass is 438 g/mol. The highest BCUT2D eigenvalue weighted by atomic mass is 32.1. The summed E-state index contributed by atoms with van der Waals surface area (Å²) in [6.45, 7) is 0.240. The number of ketones is 1. The van der Waals surface area contributed by atoms with E-state index in [4.69, 9.17) is 9.15 Å². The van der Waals surface area contributed by atoms with Crippen LogP contribution in [-0.2, 0) is 16.1 Å². The number of aliphatic hydroxyl groups is 1. The number of carbonyl (C=O) groups excluding carboxylic acids is 2. The second-order valence-corrected chi connectivity index (χ2v) is 8.34. The van der Waals surface area contributed by atoms with Crippen LogP contribution in [-0.4, -0.2) is 42.9 Å². The maximum atomic E-state index is 13.0. The largest absolute Gasteiger partial charge is 0.507 e. The number of likely N-dealkylation sites (tertiary alicyclic amines) is 1. The molecule has 2 aromatic heterocycles.